The van der Waals surface area contributed by atoms with Crippen LogP contribution in [0.15, 0.2) is 18.5 Å². The Kier molecular flexibility index (Phi) is 2.25. The molecule has 84 valence electrons. The van der Waals surface area contributed by atoms with E-state index in [1.807, 2.05) is 23.7 Å². The number of nitrogens with one attached hydrogen (secondary N) is 1. The molecule has 0 unspecified atom stereocenters. The van der Waals surface area contributed by atoms with Crippen LogP contribution < -0.4 is 10.2 Å². The summed E-state index contributed by atoms with van der Waals surface area (Å²) in [5.41, 5.74) is 3.07. The molecule has 1 N–H and O–H groups in total. The van der Waals surface area contributed by atoms with Gasteiger partial charge in [-0.1, -0.05) is 0 Å². The maximum atomic E-state index is 4.42. The van der Waals surface area contributed by atoms with Crippen LogP contribution in [0.1, 0.15) is 5.69 Å². The van der Waals surface area contributed by atoms with Crippen LogP contribution in [0.4, 0.5) is 5.69 Å². The Morgan fingerprint density at radius 1 is 1.31 bits per heavy atom. The Hall–Kier alpha value is -1.62. The van der Waals surface area contributed by atoms with E-state index in [2.05, 4.69) is 26.5 Å². The van der Waals surface area contributed by atoms with E-state index in [0.29, 0.717) is 0 Å². The first kappa shape index (κ1) is 9.59. The Labute approximate surface area is 94.1 Å². The van der Waals surface area contributed by atoms with Crippen LogP contribution in [0.3, 0.4) is 0 Å². The van der Waals surface area contributed by atoms with Gasteiger partial charge in [0, 0.05) is 32.2 Å². The van der Waals surface area contributed by atoms with E-state index in [4.69, 9.17) is 0 Å². The summed E-state index contributed by atoms with van der Waals surface area (Å²) in [6.07, 6.45) is 3.99. The van der Waals surface area contributed by atoms with E-state index in [1.165, 1.54) is 0 Å². The number of rotatable bonds is 1. The molecule has 3 heterocycles. The molecule has 0 saturated carbocycles. The highest BCUT2D eigenvalue weighted by molar-refractivity contribution is 5.49. The molecule has 3 rings (SSSR count). The van der Waals surface area contributed by atoms with Crippen LogP contribution >= 0.6 is 0 Å². The summed E-state index contributed by atoms with van der Waals surface area (Å²) in [7, 11) is 0. The zero-order chi connectivity index (χ0) is 11.0. The number of nitrogens with zero attached hydrogens (tertiary/aromatic N) is 4. The minimum atomic E-state index is 0.913. The summed E-state index contributed by atoms with van der Waals surface area (Å²) in [6, 6.07) is 1.99. The average Bonchev–Trinajstić information content (AvgIpc) is 2.69. The van der Waals surface area contributed by atoms with Gasteiger partial charge < -0.3 is 10.2 Å². The van der Waals surface area contributed by atoms with Crippen molar-refractivity contribution in [3.05, 3.63) is 24.2 Å². The van der Waals surface area contributed by atoms with Crippen molar-refractivity contribution < 1.29 is 0 Å². The molecule has 0 bridgehead atoms. The van der Waals surface area contributed by atoms with Crippen molar-refractivity contribution in [3.8, 4) is 0 Å². The fourth-order valence-corrected chi connectivity index (χ4v) is 2.07. The van der Waals surface area contributed by atoms with E-state index in [9.17, 15) is 0 Å². The fraction of sp³-hybridized carbons (Fsp3) is 0.455. The molecule has 0 radical (unpaired) electrons. The normalized spacial score (nSPS) is 16.9. The molecule has 0 amide bonds. The van der Waals surface area contributed by atoms with E-state index in [0.717, 1.165) is 43.2 Å². The van der Waals surface area contributed by atoms with Crippen molar-refractivity contribution in [1.29, 1.82) is 0 Å². The van der Waals surface area contributed by atoms with Gasteiger partial charge in [-0.2, -0.15) is 5.10 Å². The van der Waals surface area contributed by atoms with E-state index >= 15 is 0 Å². The van der Waals surface area contributed by atoms with Gasteiger partial charge in [0.1, 0.15) is 0 Å². The number of hydrogen-bond acceptors (Lipinski definition) is 4. The molecule has 2 aromatic rings. The summed E-state index contributed by atoms with van der Waals surface area (Å²) in [6.45, 7) is 6.13. The standard InChI is InChI=1S/C11H15N5/c1-9-6-11-13-7-10(8-16(11)14-9)15-4-2-12-3-5-15/h6-8,12H,2-5H2,1H3. The summed E-state index contributed by atoms with van der Waals surface area (Å²) >= 11 is 0. The number of aromatic nitrogens is 3. The zero-order valence-corrected chi connectivity index (χ0v) is 9.35. The summed E-state index contributed by atoms with van der Waals surface area (Å²) in [5.74, 6) is 0. The molecule has 0 spiro atoms. The molecule has 1 saturated heterocycles. The lowest BCUT2D eigenvalue weighted by Gasteiger charge is -2.28. The first-order chi connectivity index (χ1) is 7.83. The van der Waals surface area contributed by atoms with Gasteiger partial charge in [0.25, 0.3) is 0 Å². The second-order valence-electron chi connectivity index (χ2n) is 4.14. The maximum absolute atomic E-state index is 4.42. The highest BCUT2D eigenvalue weighted by Gasteiger charge is 2.11. The van der Waals surface area contributed by atoms with Crippen molar-refractivity contribution in [2.24, 2.45) is 0 Å². The van der Waals surface area contributed by atoms with Gasteiger partial charge in [-0.15, -0.1) is 0 Å². The second-order valence-corrected chi connectivity index (χ2v) is 4.14. The maximum Gasteiger partial charge on any atom is 0.155 e. The number of anilines is 1. The smallest absolute Gasteiger partial charge is 0.155 e. The molecule has 0 atom stereocenters. The lowest BCUT2D eigenvalue weighted by Crippen LogP contribution is -2.43. The van der Waals surface area contributed by atoms with Crippen LogP contribution in [0.25, 0.3) is 5.65 Å². The monoisotopic (exact) mass is 217 g/mol. The minimum Gasteiger partial charge on any atom is -0.366 e. The predicted molar refractivity (Wildman–Crippen MR) is 62.8 cm³/mol. The number of fused-ring (bicyclic) bond motifs is 1. The zero-order valence-electron chi connectivity index (χ0n) is 9.35. The van der Waals surface area contributed by atoms with Gasteiger partial charge in [-0.05, 0) is 6.92 Å². The third kappa shape index (κ3) is 1.63. The first-order valence-electron chi connectivity index (χ1n) is 5.61. The Bertz CT molecular complexity index is 498. The number of piperazine rings is 1. The van der Waals surface area contributed by atoms with Crippen molar-refractivity contribution >= 4 is 11.3 Å². The highest BCUT2D eigenvalue weighted by Crippen LogP contribution is 2.14. The topological polar surface area (TPSA) is 45.5 Å². The number of hydrogen-bond donors (Lipinski definition) is 1. The van der Waals surface area contributed by atoms with Gasteiger partial charge in [0.2, 0.25) is 0 Å². The molecular formula is C11H15N5. The molecule has 1 fully saturated rings. The van der Waals surface area contributed by atoms with E-state index in [1.54, 1.807) is 0 Å². The van der Waals surface area contributed by atoms with Gasteiger partial charge in [-0.3, -0.25) is 0 Å². The van der Waals surface area contributed by atoms with E-state index in [-0.39, 0.29) is 0 Å². The van der Waals surface area contributed by atoms with Crippen LogP contribution in [-0.2, 0) is 0 Å². The summed E-state index contributed by atoms with van der Waals surface area (Å²) in [5, 5.41) is 7.72. The second kappa shape index (κ2) is 3.75. The molecule has 2 aromatic heterocycles. The molecule has 1 aliphatic heterocycles. The van der Waals surface area contributed by atoms with Crippen molar-refractivity contribution in [1.82, 2.24) is 19.9 Å². The van der Waals surface area contributed by atoms with E-state index < -0.39 is 0 Å². The van der Waals surface area contributed by atoms with Crippen LogP contribution in [0, 0.1) is 6.92 Å². The summed E-state index contributed by atoms with van der Waals surface area (Å²) in [4.78, 5) is 6.75. The minimum absolute atomic E-state index is 0.913. The van der Waals surface area contributed by atoms with Gasteiger partial charge in [0.15, 0.2) is 5.65 Å². The lowest BCUT2D eigenvalue weighted by molar-refractivity contribution is 0.587. The molecule has 1 aliphatic rings. The highest BCUT2D eigenvalue weighted by atomic mass is 15.3. The van der Waals surface area contributed by atoms with Crippen molar-refractivity contribution in [2.75, 3.05) is 31.1 Å². The fourth-order valence-electron chi connectivity index (χ4n) is 2.07. The molecule has 5 nitrogen and oxygen atoms in total. The Balaban J connectivity index is 1.97. The molecular weight excluding hydrogens is 202 g/mol. The molecule has 5 heteroatoms. The summed E-state index contributed by atoms with van der Waals surface area (Å²) < 4.78 is 1.85. The quantitative estimate of drug-likeness (QED) is 0.753. The SMILES string of the molecule is Cc1cc2ncc(N3CCNCC3)cn2n1. The van der Waals surface area contributed by atoms with Crippen molar-refractivity contribution in [3.63, 3.8) is 0 Å². The largest absolute Gasteiger partial charge is 0.366 e. The average molecular weight is 217 g/mol. The Morgan fingerprint density at radius 3 is 2.94 bits per heavy atom. The van der Waals surface area contributed by atoms with Gasteiger partial charge in [0.05, 0.1) is 23.8 Å². The van der Waals surface area contributed by atoms with Crippen LogP contribution in [0.2, 0.25) is 0 Å². The van der Waals surface area contributed by atoms with Gasteiger partial charge in [-0.25, -0.2) is 9.50 Å². The van der Waals surface area contributed by atoms with Gasteiger partial charge >= 0.3 is 0 Å². The Morgan fingerprint density at radius 2 is 2.12 bits per heavy atom. The predicted octanol–water partition coefficient (Wildman–Crippen LogP) is 0.447. The molecule has 16 heavy (non-hydrogen) atoms. The molecule has 0 aromatic carbocycles. The first-order valence-corrected chi connectivity index (χ1v) is 5.61. The third-order valence-electron chi connectivity index (χ3n) is 2.90. The van der Waals surface area contributed by atoms with Crippen molar-refractivity contribution in [2.45, 2.75) is 6.92 Å². The number of aryl methyl sites for hydroxylation is 1. The van der Waals surface area contributed by atoms with Crippen LogP contribution in [0.5, 0.6) is 0 Å². The molecule has 0 aliphatic carbocycles. The lowest BCUT2D eigenvalue weighted by atomic mass is 10.3. The third-order valence-corrected chi connectivity index (χ3v) is 2.90. The van der Waals surface area contributed by atoms with Crippen LogP contribution in [-0.4, -0.2) is 40.8 Å².